The van der Waals surface area contributed by atoms with Gasteiger partial charge < -0.3 is 29.7 Å². The van der Waals surface area contributed by atoms with Crippen LogP contribution in [0.1, 0.15) is 61.6 Å². The Kier molecular flexibility index (Phi) is 13.9. The van der Waals surface area contributed by atoms with Crippen molar-refractivity contribution < 1.29 is 19.0 Å². The van der Waals surface area contributed by atoms with Crippen LogP contribution in [0.25, 0.3) is 0 Å². The van der Waals surface area contributed by atoms with E-state index in [-0.39, 0.29) is 11.8 Å². The minimum atomic E-state index is -0.822. The van der Waals surface area contributed by atoms with Crippen molar-refractivity contribution >= 4 is 5.91 Å². The van der Waals surface area contributed by atoms with Gasteiger partial charge in [0.25, 0.3) is 0 Å². The molecule has 3 aromatic rings. The zero-order valence-corrected chi connectivity index (χ0v) is 30.0. The zero-order chi connectivity index (χ0) is 34.5. The molecule has 3 aromatic carbocycles. The fraction of sp³-hybridized carbons (Fsp3) is 0.537. The molecular weight excluding hydrogens is 612 g/mol. The molecule has 0 aromatic heterocycles. The summed E-state index contributed by atoms with van der Waals surface area (Å²) in [6.45, 7) is 8.67. The zero-order valence-electron chi connectivity index (χ0n) is 30.0. The second kappa shape index (κ2) is 18.5. The molecule has 2 N–H and O–H groups in total. The average molecular weight is 671 g/mol. The number of carbonyl (C=O) groups is 1. The maximum absolute atomic E-state index is 13.3. The summed E-state index contributed by atoms with van der Waals surface area (Å²) < 4.78 is 17.2. The van der Waals surface area contributed by atoms with Gasteiger partial charge in [0, 0.05) is 32.3 Å². The largest absolute Gasteiger partial charge is 0.496 e. The van der Waals surface area contributed by atoms with Gasteiger partial charge in [-0.3, -0.25) is 9.69 Å². The number of piperidine rings is 1. The third-order valence-corrected chi connectivity index (χ3v) is 10.9. The predicted molar refractivity (Wildman–Crippen MR) is 197 cm³/mol. The van der Waals surface area contributed by atoms with E-state index in [2.05, 4.69) is 46.0 Å². The molecule has 2 aliphatic heterocycles. The van der Waals surface area contributed by atoms with Crippen LogP contribution in [0.5, 0.6) is 11.5 Å². The maximum Gasteiger partial charge on any atom is 0.232 e. The topological polar surface area (TPSA) is 80.5 Å². The molecule has 2 aliphatic rings. The Balaban J connectivity index is 0.954. The van der Waals surface area contributed by atoms with Gasteiger partial charge in [-0.2, -0.15) is 0 Å². The number of primary amides is 1. The van der Waals surface area contributed by atoms with Crippen LogP contribution < -0.4 is 15.2 Å². The van der Waals surface area contributed by atoms with Gasteiger partial charge in [0.15, 0.2) is 0 Å². The number of unbranched alkanes of at least 4 members (excludes halogenated alkanes) is 2. The molecule has 0 saturated carbocycles. The molecule has 266 valence electrons. The molecule has 0 bridgehead atoms. The quantitative estimate of drug-likeness (QED) is 0.158. The van der Waals surface area contributed by atoms with Crippen molar-refractivity contribution in [3.63, 3.8) is 0 Å². The number of hydrogen-bond acceptors (Lipinski definition) is 7. The number of rotatable bonds is 19. The molecule has 0 radical (unpaired) electrons. The van der Waals surface area contributed by atoms with E-state index in [1.807, 2.05) is 54.6 Å². The number of hydrogen-bond donors (Lipinski definition) is 1. The van der Waals surface area contributed by atoms with Crippen molar-refractivity contribution in [1.82, 2.24) is 14.7 Å². The number of amides is 1. The Bertz CT molecular complexity index is 1350. The number of ether oxygens (including phenoxy) is 3. The molecule has 1 amide bonds. The van der Waals surface area contributed by atoms with E-state index in [4.69, 9.17) is 19.9 Å². The van der Waals surface area contributed by atoms with Gasteiger partial charge in [0.2, 0.25) is 5.91 Å². The van der Waals surface area contributed by atoms with Crippen molar-refractivity contribution in [3.8, 4) is 11.5 Å². The number of benzene rings is 3. The lowest BCUT2D eigenvalue weighted by Crippen LogP contribution is -2.49. The maximum atomic E-state index is 13.3. The lowest BCUT2D eigenvalue weighted by molar-refractivity contribution is -0.123. The highest BCUT2D eigenvalue weighted by atomic mass is 16.5. The van der Waals surface area contributed by atoms with Crippen LogP contribution in [0.3, 0.4) is 0 Å². The van der Waals surface area contributed by atoms with E-state index < -0.39 is 5.41 Å². The van der Waals surface area contributed by atoms with Crippen LogP contribution in [0.15, 0.2) is 78.9 Å². The minimum Gasteiger partial charge on any atom is -0.496 e. The molecule has 5 rings (SSSR count). The van der Waals surface area contributed by atoms with Crippen LogP contribution in [-0.2, 0) is 21.5 Å². The third-order valence-electron chi connectivity index (χ3n) is 10.9. The van der Waals surface area contributed by atoms with E-state index >= 15 is 0 Å². The second-order valence-corrected chi connectivity index (χ2v) is 13.8. The minimum absolute atomic E-state index is 0.138. The monoisotopic (exact) mass is 670 g/mol. The Morgan fingerprint density at radius 1 is 0.776 bits per heavy atom. The Hall–Kier alpha value is -3.43. The average Bonchev–Trinajstić information content (AvgIpc) is 3.61. The van der Waals surface area contributed by atoms with E-state index in [0.717, 1.165) is 119 Å². The normalized spacial score (nSPS) is 17.8. The van der Waals surface area contributed by atoms with E-state index in [9.17, 15) is 4.79 Å². The van der Waals surface area contributed by atoms with Gasteiger partial charge in [0.05, 0.1) is 19.8 Å². The van der Waals surface area contributed by atoms with Gasteiger partial charge in [-0.1, -0.05) is 66.7 Å². The first-order valence-corrected chi connectivity index (χ1v) is 18.3. The van der Waals surface area contributed by atoms with Crippen LogP contribution >= 0.6 is 0 Å². The van der Waals surface area contributed by atoms with Crippen molar-refractivity contribution in [3.05, 3.63) is 95.6 Å². The van der Waals surface area contributed by atoms with Crippen LogP contribution in [0, 0.1) is 5.92 Å². The first kappa shape index (κ1) is 36.8. The molecule has 2 fully saturated rings. The molecule has 0 spiro atoms. The molecule has 8 nitrogen and oxygen atoms in total. The highest BCUT2D eigenvalue weighted by molar-refractivity contribution is 5.91. The summed E-state index contributed by atoms with van der Waals surface area (Å²) in [7, 11) is 5.74. The SMILES string of the molecule is COc1cccc(OC)c1CN1CCC(N(C)CCCCOCCCCN2CCC(C(C(N)=O)(c3ccccc3)c3ccccc3)C2)CC1. The Morgan fingerprint density at radius 3 is 1.92 bits per heavy atom. The molecular formula is C41H58N4O4. The smallest absolute Gasteiger partial charge is 0.232 e. The van der Waals surface area contributed by atoms with Gasteiger partial charge >= 0.3 is 0 Å². The van der Waals surface area contributed by atoms with Gasteiger partial charge in [0.1, 0.15) is 16.9 Å². The molecule has 8 heteroatoms. The molecule has 2 heterocycles. The highest BCUT2D eigenvalue weighted by Gasteiger charge is 2.49. The number of carbonyl (C=O) groups excluding carboxylic acids is 1. The fourth-order valence-corrected chi connectivity index (χ4v) is 8.13. The summed E-state index contributed by atoms with van der Waals surface area (Å²) in [5.41, 5.74) is 8.57. The summed E-state index contributed by atoms with van der Waals surface area (Å²) in [5.74, 6) is 1.68. The number of methoxy groups -OCH3 is 2. The molecule has 1 atom stereocenters. The van der Waals surface area contributed by atoms with Crippen LogP contribution in [0.4, 0.5) is 0 Å². The van der Waals surface area contributed by atoms with Crippen LogP contribution in [-0.4, -0.2) is 100 Å². The molecule has 2 saturated heterocycles. The standard InChI is InChI=1S/C41H58N4O4/c1-43(36-22-27-45(28-23-36)32-37-38(47-2)19-14-20-39(37)48-3)24-10-12-29-49-30-13-11-25-44-26-21-35(31-44)41(40(42)46,33-15-6-4-7-16-33)34-17-8-5-9-18-34/h4-9,14-20,35-36H,10-13,21-32H2,1-3H3,(H2,42,46). The highest BCUT2D eigenvalue weighted by Crippen LogP contribution is 2.43. The van der Waals surface area contributed by atoms with Gasteiger partial charge in [-0.05, 0) is 114 Å². The second-order valence-electron chi connectivity index (χ2n) is 13.8. The first-order chi connectivity index (χ1) is 24.0. The van der Waals surface area contributed by atoms with Crippen molar-refractivity contribution in [1.29, 1.82) is 0 Å². The molecule has 49 heavy (non-hydrogen) atoms. The lowest BCUT2D eigenvalue weighted by atomic mass is 9.64. The Labute approximate surface area is 294 Å². The summed E-state index contributed by atoms with van der Waals surface area (Å²) in [6.07, 6.45) is 7.73. The lowest BCUT2D eigenvalue weighted by Gasteiger charge is -2.37. The van der Waals surface area contributed by atoms with Gasteiger partial charge in [-0.25, -0.2) is 0 Å². The van der Waals surface area contributed by atoms with Crippen molar-refractivity contribution in [2.24, 2.45) is 11.7 Å². The van der Waals surface area contributed by atoms with E-state index in [1.54, 1.807) is 14.2 Å². The Morgan fingerprint density at radius 2 is 1.35 bits per heavy atom. The number of likely N-dealkylation sites (tertiary alicyclic amines) is 2. The number of nitrogens with two attached hydrogens (primary N) is 1. The van der Waals surface area contributed by atoms with Gasteiger partial charge in [-0.15, -0.1) is 0 Å². The fourth-order valence-electron chi connectivity index (χ4n) is 8.13. The van der Waals surface area contributed by atoms with Crippen molar-refractivity contribution in [2.45, 2.75) is 62.9 Å². The summed E-state index contributed by atoms with van der Waals surface area (Å²) in [5, 5.41) is 0. The van der Waals surface area contributed by atoms with E-state index in [0.29, 0.717) is 6.04 Å². The van der Waals surface area contributed by atoms with E-state index in [1.165, 1.54) is 12.8 Å². The molecule has 1 unspecified atom stereocenters. The van der Waals surface area contributed by atoms with Crippen LogP contribution in [0.2, 0.25) is 0 Å². The molecule has 0 aliphatic carbocycles. The number of nitrogens with zero attached hydrogens (tertiary/aromatic N) is 3. The first-order valence-electron chi connectivity index (χ1n) is 18.3. The third kappa shape index (κ3) is 9.23. The predicted octanol–water partition coefficient (Wildman–Crippen LogP) is 5.97. The summed E-state index contributed by atoms with van der Waals surface area (Å²) in [6, 6.07) is 26.9. The summed E-state index contributed by atoms with van der Waals surface area (Å²) >= 11 is 0. The summed E-state index contributed by atoms with van der Waals surface area (Å²) in [4.78, 5) is 20.9. The van der Waals surface area contributed by atoms with Crippen molar-refractivity contribution in [2.75, 3.05) is 73.7 Å².